The number of benzene rings is 1. The normalized spacial score (nSPS) is 14.7. The third-order valence-electron chi connectivity index (χ3n) is 2.12. The van der Waals surface area contributed by atoms with Gasteiger partial charge in [0.1, 0.15) is 0 Å². The van der Waals surface area contributed by atoms with Crippen LogP contribution in [0, 0.1) is 0 Å². The van der Waals surface area contributed by atoms with Crippen LogP contribution in [0.1, 0.15) is 24.8 Å². The van der Waals surface area contributed by atoms with Crippen molar-refractivity contribution in [2.24, 2.45) is 5.73 Å². The van der Waals surface area contributed by atoms with Crippen LogP contribution in [0.25, 0.3) is 0 Å². The molecule has 2 N–H and O–H groups in total. The molecule has 0 aliphatic rings. The van der Waals surface area contributed by atoms with E-state index in [2.05, 4.69) is 12.6 Å². The zero-order valence-electron chi connectivity index (χ0n) is 8.18. The molecule has 14 heavy (non-hydrogen) atoms. The van der Waals surface area contributed by atoms with Crippen molar-refractivity contribution >= 4 is 18.5 Å². The van der Waals surface area contributed by atoms with Crippen LogP contribution in [0.5, 0.6) is 0 Å². The summed E-state index contributed by atoms with van der Waals surface area (Å²) in [4.78, 5) is 11.2. The van der Waals surface area contributed by atoms with E-state index in [1.54, 1.807) is 0 Å². The van der Waals surface area contributed by atoms with E-state index in [9.17, 15) is 4.79 Å². The Morgan fingerprint density at radius 1 is 1.43 bits per heavy atom. The Morgan fingerprint density at radius 3 is 2.43 bits per heavy atom. The van der Waals surface area contributed by atoms with Gasteiger partial charge in [0.25, 0.3) is 0 Å². The number of hydrogen-bond donors (Lipinski definition) is 2. The molecular formula is C11H15NOS. The minimum atomic E-state index is -0.280. The lowest BCUT2D eigenvalue weighted by Gasteiger charge is -2.15. The van der Waals surface area contributed by atoms with E-state index in [1.807, 2.05) is 37.3 Å². The summed E-state index contributed by atoms with van der Waals surface area (Å²) in [6.45, 7) is 1.96. The average Bonchev–Trinajstić information content (AvgIpc) is 2.15. The largest absolute Gasteiger partial charge is 0.369 e. The third kappa shape index (κ3) is 3.07. The lowest BCUT2D eigenvalue weighted by molar-refractivity contribution is -0.119. The van der Waals surface area contributed by atoms with E-state index in [1.165, 1.54) is 0 Å². The highest BCUT2D eigenvalue weighted by atomic mass is 32.1. The molecule has 0 aromatic heterocycles. The van der Waals surface area contributed by atoms with Crippen molar-refractivity contribution in [3.05, 3.63) is 35.9 Å². The van der Waals surface area contributed by atoms with Crippen LogP contribution < -0.4 is 5.73 Å². The van der Waals surface area contributed by atoms with Crippen LogP contribution in [0.15, 0.2) is 30.3 Å². The summed E-state index contributed by atoms with van der Waals surface area (Å²) in [5, 5.41) is 0.174. The summed E-state index contributed by atoms with van der Waals surface area (Å²) in [5.74, 6) is -0.499. The maximum atomic E-state index is 11.2. The van der Waals surface area contributed by atoms with Gasteiger partial charge in [-0.2, -0.15) is 12.6 Å². The molecule has 0 heterocycles. The quantitative estimate of drug-likeness (QED) is 0.731. The Kier molecular flexibility index (Phi) is 4.01. The smallest absolute Gasteiger partial charge is 0.225 e. The minimum Gasteiger partial charge on any atom is -0.369 e. The van der Waals surface area contributed by atoms with Crippen LogP contribution in [0.3, 0.4) is 0 Å². The van der Waals surface area contributed by atoms with E-state index in [0.29, 0.717) is 6.42 Å². The Morgan fingerprint density at radius 2 is 2.00 bits per heavy atom. The van der Waals surface area contributed by atoms with Gasteiger partial charge in [-0.3, -0.25) is 4.79 Å². The fourth-order valence-electron chi connectivity index (χ4n) is 1.44. The number of primary amides is 1. The van der Waals surface area contributed by atoms with E-state index < -0.39 is 0 Å². The van der Waals surface area contributed by atoms with Gasteiger partial charge < -0.3 is 5.73 Å². The monoisotopic (exact) mass is 209 g/mol. The van der Waals surface area contributed by atoms with Gasteiger partial charge in [-0.25, -0.2) is 0 Å². The van der Waals surface area contributed by atoms with Gasteiger partial charge in [0.2, 0.25) is 5.91 Å². The second-order valence-electron chi connectivity index (χ2n) is 3.45. The van der Waals surface area contributed by atoms with Crippen molar-refractivity contribution in [3.8, 4) is 0 Å². The highest BCUT2D eigenvalue weighted by Crippen LogP contribution is 2.22. The molecule has 2 nitrogen and oxygen atoms in total. The first-order valence-corrected chi connectivity index (χ1v) is 5.15. The molecule has 0 spiro atoms. The molecule has 2 atom stereocenters. The number of hydrogen-bond acceptors (Lipinski definition) is 2. The van der Waals surface area contributed by atoms with Gasteiger partial charge in [-0.05, 0) is 17.2 Å². The van der Waals surface area contributed by atoms with Crippen molar-refractivity contribution in [3.63, 3.8) is 0 Å². The molecule has 0 fully saturated rings. The van der Waals surface area contributed by atoms with Crippen molar-refractivity contribution in [1.29, 1.82) is 0 Å². The van der Waals surface area contributed by atoms with Crippen LogP contribution in [-0.2, 0) is 4.79 Å². The first kappa shape index (κ1) is 11.1. The molecule has 3 heteroatoms. The molecular weight excluding hydrogens is 194 g/mol. The summed E-state index contributed by atoms with van der Waals surface area (Å²) in [6.07, 6.45) is 0.683. The summed E-state index contributed by atoms with van der Waals surface area (Å²) >= 11 is 4.27. The second-order valence-corrected chi connectivity index (χ2v) is 4.33. The van der Waals surface area contributed by atoms with Gasteiger partial charge >= 0.3 is 0 Å². The number of carbonyl (C=O) groups excluding carboxylic acids is 1. The highest BCUT2D eigenvalue weighted by Gasteiger charge is 2.18. The van der Waals surface area contributed by atoms with Gasteiger partial charge in [0.05, 0.1) is 5.92 Å². The van der Waals surface area contributed by atoms with Gasteiger partial charge in [-0.15, -0.1) is 0 Å². The zero-order chi connectivity index (χ0) is 10.6. The van der Waals surface area contributed by atoms with Gasteiger partial charge in [-0.1, -0.05) is 37.3 Å². The Labute approximate surface area is 89.9 Å². The fraction of sp³-hybridized carbons (Fsp3) is 0.364. The Balaban J connectivity index is 2.84. The SMILES string of the molecule is CC(S)CC(C(N)=O)c1ccccc1. The third-order valence-corrected chi connectivity index (χ3v) is 2.33. The molecule has 0 saturated carbocycles. The van der Waals surface area contributed by atoms with Gasteiger partial charge in [0.15, 0.2) is 0 Å². The summed E-state index contributed by atoms with van der Waals surface area (Å²) < 4.78 is 0. The van der Waals surface area contributed by atoms with Crippen molar-refractivity contribution in [2.45, 2.75) is 24.5 Å². The van der Waals surface area contributed by atoms with Gasteiger partial charge in [0, 0.05) is 0 Å². The molecule has 1 aromatic rings. The average molecular weight is 209 g/mol. The van der Waals surface area contributed by atoms with Crippen LogP contribution >= 0.6 is 12.6 Å². The van der Waals surface area contributed by atoms with Crippen LogP contribution in [0.2, 0.25) is 0 Å². The highest BCUT2D eigenvalue weighted by molar-refractivity contribution is 7.80. The summed E-state index contributed by atoms with van der Waals surface area (Å²) in [7, 11) is 0. The first-order chi connectivity index (χ1) is 6.61. The second kappa shape index (κ2) is 5.05. The Hall–Kier alpha value is -0.960. The number of nitrogens with two attached hydrogens (primary N) is 1. The maximum absolute atomic E-state index is 11.2. The standard InChI is InChI=1S/C11H15NOS/c1-8(14)7-10(11(12)13)9-5-3-2-4-6-9/h2-6,8,10,14H,7H2,1H3,(H2,12,13). The van der Waals surface area contributed by atoms with Crippen molar-refractivity contribution in [2.75, 3.05) is 0 Å². The minimum absolute atomic E-state index is 0.174. The molecule has 2 unspecified atom stereocenters. The predicted molar refractivity (Wildman–Crippen MR) is 61.4 cm³/mol. The molecule has 0 saturated heterocycles. The molecule has 0 radical (unpaired) electrons. The van der Waals surface area contributed by atoms with E-state index in [0.717, 1.165) is 5.56 Å². The molecule has 0 aliphatic heterocycles. The molecule has 1 rings (SSSR count). The fourth-order valence-corrected chi connectivity index (χ4v) is 1.65. The topological polar surface area (TPSA) is 43.1 Å². The van der Waals surface area contributed by atoms with Crippen molar-refractivity contribution < 1.29 is 4.79 Å². The predicted octanol–water partition coefficient (Wildman–Crippen LogP) is 1.96. The lowest BCUT2D eigenvalue weighted by atomic mass is 9.94. The van der Waals surface area contributed by atoms with Crippen LogP contribution in [-0.4, -0.2) is 11.2 Å². The summed E-state index contributed by atoms with van der Waals surface area (Å²) in [6, 6.07) is 9.59. The molecule has 0 aliphatic carbocycles. The maximum Gasteiger partial charge on any atom is 0.225 e. The number of thiol groups is 1. The lowest BCUT2D eigenvalue weighted by Crippen LogP contribution is -2.23. The molecule has 1 amide bonds. The van der Waals surface area contributed by atoms with E-state index in [-0.39, 0.29) is 17.1 Å². The van der Waals surface area contributed by atoms with E-state index in [4.69, 9.17) is 5.73 Å². The molecule has 0 bridgehead atoms. The number of rotatable bonds is 4. The Bertz CT molecular complexity index is 297. The van der Waals surface area contributed by atoms with Crippen LogP contribution in [0.4, 0.5) is 0 Å². The number of carbonyl (C=O) groups is 1. The first-order valence-electron chi connectivity index (χ1n) is 4.63. The molecule has 1 aromatic carbocycles. The summed E-state index contributed by atoms with van der Waals surface area (Å²) in [5.41, 5.74) is 6.32. The van der Waals surface area contributed by atoms with E-state index >= 15 is 0 Å². The number of amides is 1. The zero-order valence-corrected chi connectivity index (χ0v) is 9.08. The van der Waals surface area contributed by atoms with Crippen molar-refractivity contribution in [1.82, 2.24) is 0 Å². The molecule has 76 valence electrons.